The van der Waals surface area contributed by atoms with Crippen molar-refractivity contribution >= 4 is 7.75 Å². The van der Waals surface area contributed by atoms with E-state index in [9.17, 15) is 4.57 Å². The smallest absolute Gasteiger partial charge is 0.405 e. The van der Waals surface area contributed by atoms with Crippen molar-refractivity contribution in [1.82, 2.24) is 5.09 Å². The van der Waals surface area contributed by atoms with Crippen molar-refractivity contribution in [3.05, 3.63) is 60.7 Å². The zero-order chi connectivity index (χ0) is 18.0. The van der Waals surface area contributed by atoms with Crippen molar-refractivity contribution in [1.29, 1.82) is 0 Å². The highest BCUT2D eigenvalue weighted by Crippen LogP contribution is 2.44. The first-order valence-corrected chi connectivity index (χ1v) is 10.5. The lowest BCUT2D eigenvalue weighted by molar-refractivity contribution is 0.356. The summed E-state index contributed by atoms with van der Waals surface area (Å²) in [5, 5.41) is 3.06. The first-order valence-electron chi connectivity index (χ1n) is 8.99. The molecule has 136 valence electrons. The van der Waals surface area contributed by atoms with Crippen LogP contribution in [0.3, 0.4) is 0 Å². The van der Waals surface area contributed by atoms with Crippen LogP contribution in [0, 0.1) is 5.92 Å². The zero-order valence-corrected chi connectivity index (χ0v) is 16.0. The van der Waals surface area contributed by atoms with E-state index in [0.717, 1.165) is 19.3 Å². The molecular formula is C20H28NO3P. The second-order valence-corrected chi connectivity index (χ2v) is 7.76. The molecule has 1 N–H and O–H groups in total. The van der Waals surface area contributed by atoms with Crippen LogP contribution in [-0.4, -0.2) is 6.54 Å². The minimum atomic E-state index is -3.51. The quantitative estimate of drug-likeness (QED) is 0.494. The summed E-state index contributed by atoms with van der Waals surface area (Å²) < 4.78 is 24.7. The van der Waals surface area contributed by atoms with Crippen LogP contribution in [0.25, 0.3) is 0 Å². The van der Waals surface area contributed by atoms with E-state index < -0.39 is 7.75 Å². The van der Waals surface area contributed by atoms with Crippen LogP contribution >= 0.6 is 7.75 Å². The van der Waals surface area contributed by atoms with E-state index >= 15 is 0 Å². The lowest BCUT2D eigenvalue weighted by atomic mass is 10.00. The molecule has 2 aromatic carbocycles. The molecule has 25 heavy (non-hydrogen) atoms. The van der Waals surface area contributed by atoms with Crippen molar-refractivity contribution in [3.63, 3.8) is 0 Å². The third-order valence-corrected chi connectivity index (χ3v) is 5.53. The predicted molar refractivity (Wildman–Crippen MR) is 103 cm³/mol. The largest absolute Gasteiger partial charge is 0.512 e. The Balaban J connectivity index is 2.09. The molecule has 4 nitrogen and oxygen atoms in total. The summed E-state index contributed by atoms with van der Waals surface area (Å²) in [4.78, 5) is 0. The Morgan fingerprint density at radius 2 is 1.44 bits per heavy atom. The highest BCUT2D eigenvalue weighted by molar-refractivity contribution is 7.52. The summed E-state index contributed by atoms with van der Waals surface area (Å²) in [6.45, 7) is 4.94. The normalized spacial score (nSPS) is 12.6. The average molecular weight is 361 g/mol. The first-order chi connectivity index (χ1) is 12.1. The van der Waals surface area contributed by atoms with E-state index in [-0.39, 0.29) is 0 Å². The second kappa shape index (κ2) is 10.3. The number of unbranched alkanes of at least 4 members (excludes halogenated alkanes) is 1. The zero-order valence-electron chi connectivity index (χ0n) is 15.1. The van der Waals surface area contributed by atoms with Gasteiger partial charge in [0.15, 0.2) is 0 Å². The summed E-state index contributed by atoms with van der Waals surface area (Å²) in [5.74, 6) is 1.50. The van der Waals surface area contributed by atoms with Gasteiger partial charge >= 0.3 is 7.75 Å². The fraction of sp³-hybridized carbons (Fsp3) is 0.400. The van der Waals surface area contributed by atoms with E-state index in [1.165, 1.54) is 6.42 Å². The van der Waals surface area contributed by atoms with Gasteiger partial charge < -0.3 is 9.05 Å². The molecule has 0 aliphatic rings. The number of nitrogens with one attached hydrogen (secondary N) is 1. The molecule has 1 atom stereocenters. The van der Waals surface area contributed by atoms with Gasteiger partial charge in [-0.25, -0.2) is 9.65 Å². The maximum absolute atomic E-state index is 13.3. The van der Waals surface area contributed by atoms with Crippen LogP contribution in [0.2, 0.25) is 0 Å². The highest BCUT2D eigenvalue weighted by atomic mass is 31.2. The molecule has 0 aliphatic carbocycles. The average Bonchev–Trinajstić information content (AvgIpc) is 2.63. The Morgan fingerprint density at radius 3 is 1.88 bits per heavy atom. The molecule has 0 unspecified atom stereocenters. The van der Waals surface area contributed by atoms with Crippen LogP contribution in [0.15, 0.2) is 60.7 Å². The fourth-order valence-electron chi connectivity index (χ4n) is 2.51. The van der Waals surface area contributed by atoms with Gasteiger partial charge in [-0.2, -0.15) is 0 Å². The molecule has 0 fully saturated rings. The first kappa shape index (κ1) is 19.6. The van der Waals surface area contributed by atoms with Crippen molar-refractivity contribution in [2.75, 3.05) is 6.54 Å². The van der Waals surface area contributed by atoms with Crippen molar-refractivity contribution in [3.8, 4) is 11.5 Å². The Labute approximate surface area is 151 Å². The van der Waals surface area contributed by atoms with Gasteiger partial charge in [-0.05, 0) is 36.6 Å². The lowest BCUT2D eigenvalue weighted by Gasteiger charge is -2.23. The topological polar surface area (TPSA) is 47.6 Å². The summed E-state index contributed by atoms with van der Waals surface area (Å²) in [6.07, 6.45) is 4.47. The molecule has 0 aromatic heterocycles. The van der Waals surface area contributed by atoms with Crippen LogP contribution in [-0.2, 0) is 4.57 Å². The lowest BCUT2D eigenvalue weighted by Crippen LogP contribution is -2.25. The van der Waals surface area contributed by atoms with Crippen molar-refractivity contribution in [2.24, 2.45) is 5.92 Å². The van der Waals surface area contributed by atoms with E-state index in [0.29, 0.717) is 24.0 Å². The molecular weight excluding hydrogens is 333 g/mol. The monoisotopic (exact) mass is 361 g/mol. The molecule has 2 rings (SSSR count). The Bertz CT molecular complexity index is 603. The molecule has 0 radical (unpaired) electrons. The van der Waals surface area contributed by atoms with Gasteiger partial charge in [0.1, 0.15) is 11.5 Å². The minimum Gasteiger partial charge on any atom is -0.405 e. The standard InChI is InChI=1S/C20H28NO3P/c1-3-5-12-18(4-2)17-21-25(22,23-19-13-8-6-9-14-19)24-20-15-10-7-11-16-20/h6-11,13-16,18H,3-5,12,17H2,1-2H3,(H,21,22)/t18-/m1/s1. The number of para-hydroxylation sites is 2. The molecule has 0 aliphatic heterocycles. The fourth-order valence-corrected chi connectivity index (χ4v) is 3.95. The molecule has 2 aromatic rings. The van der Waals surface area contributed by atoms with Crippen LogP contribution < -0.4 is 14.1 Å². The van der Waals surface area contributed by atoms with Gasteiger partial charge in [0.2, 0.25) is 0 Å². The Morgan fingerprint density at radius 1 is 0.920 bits per heavy atom. The SMILES string of the molecule is CCCC[C@@H](CC)CNP(=O)(Oc1ccccc1)Oc1ccccc1. The number of hydrogen-bond donors (Lipinski definition) is 1. The van der Waals surface area contributed by atoms with E-state index in [1.54, 1.807) is 24.3 Å². The Kier molecular flexibility index (Phi) is 8.03. The predicted octanol–water partition coefficient (Wildman–Crippen LogP) is 6.06. The maximum Gasteiger partial charge on any atom is 0.512 e. The number of hydrogen-bond acceptors (Lipinski definition) is 3. The van der Waals surface area contributed by atoms with Gasteiger partial charge in [-0.3, -0.25) is 0 Å². The molecule has 0 spiro atoms. The maximum atomic E-state index is 13.3. The molecule has 0 amide bonds. The van der Waals surface area contributed by atoms with Gasteiger partial charge in [-0.15, -0.1) is 0 Å². The Hall–Kier alpha value is -1.77. The summed E-state index contributed by atoms with van der Waals surface area (Å²) in [7, 11) is -3.51. The van der Waals surface area contributed by atoms with E-state index in [4.69, 9.17) is 9.05 Å². The van der Waals surface area contributed by atoms with Crippen LogP contribution in [0.5, 0.6) is 11.5 Å². The summed E-state index contributed by atoms with van der Waals surface area (Å²) in [6, 6.07) is 18.3. The van der Waals surface area contributed by atoms with Gasteiger partial charge in [-0.1, -0.05) is 69.5 Å². The third kappa shape index (κ3) is 6.93. The molecule has 0 heterocycles. The second-order valence-electron chi connectivity index (χ2n) is 6.08. The number of benzene rings is 2. The third-order valence-electron chi connectivity index (χ3n) is 4.05. The van der Waals surface area contributed by atoms with E-state index in [1.807, 2.05) is 36.4 Å². The van der Waals surface area contributed by atoms with Crippen LogP contribution in [0.4, 0.5) is 0 Å². The number of rotatable bonds is 11. The van der Waals surface area contributed by atoms with Gasteiger partial charge in [0.25, 0.3) is 0 Å². The molecule has 5 heteroatoms. The van der Waals surface area contributed by atoms with Crippen LogP contribution in [0.1, 0.15) is 39.5 Å². The summed E-state index contributed by atoms with van der Waals surface area (Å²) in [5.41, 5.74) is 0. The highest BCUT2D eigenvalue weighted by Gasteiger charge is 2.29. The van der Waals surface area contributed by atoms with Gasteiger partial charge in [0, 0.05) is 6.54 Å². The van der Waals surface area contributed by atoms with Crippen molar-refractivity contribution < 1.29 is 13.6 Å². The molecule has 0 saturated carbocycles. The molecule has 0 bridgehead atoms. The minimum absolute atomic E-state index is 0.451. The van der Waals surface area contributed by atoms with E-state index in [2.05, 4.69) is 18.9 Å². The molecule has 0 saturated heterocycles. The van der Waals surface area contributed by atoms with Crippen molar-refractivity contribution in [2.45, 2.75) is 39.5 Å². The van der Waals surface area contributed by atoms with Gasteiger partial charge in [0.05, 0.1) is 0 Å². The summed E-state index contributed by atoms with van der Waals surface area (Å²) >= 11 is 0.